The van der Waals surface area contributed by atoms with E-state index < -0.39 is 17.5 Å². The van der Waals surface area contributed by atoms with E-state index in [0.717, 1.165) is 22.4 Å². The van der Waals surface area contributed by atoms with Crippen molar-refractivity contribution >= 4 is 5.82 Å². The molecule has 1 aromatic heterocycles. The first kappa shape index (κ1) is 26.1. The number of ether oxygens (including phenoxy) is 2. The molecule has 0 fully saturated rings. The fourth-order valence-electron chi connectivity index (χ4n) is 4.50. The Hall–Kier alpha value is -3.94. The molecule has 0 bridgehead atoms. The van der Waals surface area contributed by atoms with Crippen molar-refractivity contribution in [2.24, 2.45) is 0 Å². The Morgan fingerprint density at radius 3 is 1.97 bits per heavy atom. The molecule has 4 aromatic rings. The number of hydrogen-bond acceptors (Lipinski definition) is 6. The van der Waals surface area contributed by atoms with Crippen LogP contribution in [0.5, 0.6) is 5.75 Å². The standard InChI is InChI=1S/C30H33N3O4/c1-4-26(21-34)37-22(2)33-20-19-28(31-29(33)35)32-30(23-11-7-5-8-12-23,24-13-9-6-10-14-24)25-15-17-27(36-3)18-16-25/h5-20,22,26,34H,4,21H2,1-3H3,(H,31,32,35). The van der Waals surface area contributed by atoms with Gasteiger partial charge in [-0.05, 0) is 48.2 Å². The Labute approximate surface area is 217 Å². The Kier molecular flexibility index (Phi) is 8.38. The molecule has 0 aliphatic carbocycles. The van der Waals surface area contributed by atoms with Crippen LogP contribution in [-0.4, -0.2) is 34.5 Å². The predicted octanol–water partition coefficient (Wildman–Crippen LogP) is 4.96. The van der Waals surface area contributed by atoms with Crippen molar-refractivity contribution in [3.63, 3.8) is 0 Å². The molecule has 0 saturated heterocycles. The molecule has 37 heavy (non-hydrogen) atoms. The fourth-order valence-corrected chi connectivity index (χ4v) is 4.50. The highest BCUT2D eigenvalue weighted by Gasteiger charge is 2.37. The molecule has 2 unspecified atom stereocenters. The second kappa shape index (κ2) is 11.9. The fraction of sp³-hybridized carbons (Fsp3) is 0.267. The van der Waals surface area contributed by atoms with Gasteiger partial charge in [0, 0.05) is 6.20 Å². The number of hydrogen-bond donors (Lipinski definition) is 2. The normalized spacial score (nSPS) is 13.1. The van der Waals surface area contributed by atoms with Gasteiger partial charge < -0.3 is 19.9 Å². The highest BCUT2D eigenvalue weighted by atomic mass is 16.5. The van der Waals surface area contributed by atoms with Crippen LogP contribution < -0.4 is 15.7 Å². The minimum Gasteiger partial charge on any atom is -0.497 e. The molecule has 2 atom stereocenters. The topological polar surface area (TPSA) is 85.6 Å². The molecule has 7 nitrogen and oxygen atoms in total. The van der Waals surface area contributed by atoms with Crippen LogP contribution >= 0.6 is 0 Å². The number of benzene rings is 3. The first-order chi connectivity index (χ1) is 18.0. The van der Waals surface area contributed by atoms with Gasteiger partial charge in [0.15, 0.2) is 0 Å². The molecule has 3 aromatic carbocycles. The molecule has 7 heteroatoms. The molecule has 0 aliphatic heterocycles. The number of anilines is 1. The van der Waals surface area contributed by atoms with Crippen molar-refractivity contribution < 1.29 is 14.6 Å². The average molecular weight is 500 g/mol. The maximum atomic E-state index is 13.1. The van der Waals surface area contributed by atoms with E-state index in [2.05, 4.69) is 34.6 Å². The van der Waals surface area contributed by atoms with Crippen LogP contribution in [0.15, 0.2) is 102 Å². The van der Waals surface area contributed by atoms with Gasteiger partial charge in [0.05, 0.1) is 19.8 Å². The van der Waals surface area contributed by atoms with E-state index in [9.17, 15) is 9.90 Å². The summed E-state index contributed by atoms with van der Waals surface area (Å²) in [5.41, 5.74) is 1.65. The largest absolute Gasteiger partial charge is 0.497 e. The Morgan fingerprint density at radius 2 is 1.49 bits per heavy atom. The summed E-state index contributed by atoms with van der Waals surface area (Å²) in [5.74, 6) is 1.17. The maximum absolute atomic E-state index is 13.1. The van der Waals surface area contributed by atoms with E-state index >= 15 is 0 Å². The number of nitrogens with zero attached hydrogens (tertiary/aromatic N) is 2. The zero-order valence-corrected chi connectivity index (χ0v) is 21.4. The summed E-state index contributed by atoms with van der Waals surface area (Å²) in [5, 5.41) is 13.1. The van der Waals surface area contributed by atoms with E-state index in [1.54, 1.807) is 26.3 Å². The summed E-state index contributed by atoms with van der Waals surface area (Å²) >= 11 is 0. The number of rotatable bonds is 11. The Bertz CT molecular complexity index is 1280. The monoisotopic (exact) mass is 499 g/mol. The van der Waals surface area contributed by atoms with E-state index in [-0.39, 0.29) is 12.7 Å². The lowest BCUT2D eigenvalue weighted by atomic mass is 9.77. The van der Waals surface area contributed by atoms with Crippen molar-refractivity contribution in [3.8, 4) is 5.75 Å². The van der Waals surface area contributed by atoms with E-state index in [4.69, 9.17) is 9.47 Å². The summed E-state index contributed by atoms with van der Waals surface area (Å²) in [6.07, 6.45) is 1.39. The van der Waals surface area contributed by atoms with Gasteiger partial charge >= 0.3 is 5.69 Å². The first-order valence-electron chi connectivity index (χ1n) is 12.4. The second-order valence-electron chi connectivity index (χ2n) is 8.79. The van der Waals surface area contributed by atoms with Crippen LogP contribution in [0.4, 0.5) is 5.82 Å². The zero-order chi connectivity index (χ0) is 26.3. The van der Waals surface area contributed by atoms with Crippen LogP contribution in [0.2, 0.25) is 0 Å². The summed E-state index contributed by atoms with van der Waals surface area (Å²) in [6, 6.07) is 29.8. The van der Waals surface area contributed by atoms with E-state index in [0.29, 0.717) is 12.2 Å². The molecule has 192 valence electrons. The minimum atomic E-state index is -0.841. The maximum Gasteiger partial charge on any atom is 0.351 e. The molecule has 2 N–H and O–H groups in total. The average Bonchev–Trinajstić information content (AvgIpc) is 2.95. The third-order valence-electron chi connectivity index (χ3n) is 6.52. The van der Waals surface area contributed by atoms with Crippen molar-refractivity contribution in [2.75, 3.05) is 19.0 Å². The first-order valence-corrected chi connectivity index (χ1v) is 12.4. The number of aliphatic hydroxyl groups excluding tert-OH is 1. The molecule has 0 aliphatic rings. The van der Waals surface area contributed by atoms with Crippen LogP contribution in [0, 0.1) is 0 Å². The molecule has 0 spiro atoms. The molecule has 1 heterocycles. The number of nitrogens with one attached hydrogen (secondary N) is 1. The summed E-state index contributed by atoms with van der Waals surface area (Å²) in [6.45, 7) is 3.58. The quantitative estimate of drug-likeness (QED) is 0.284. The molecule has 0 amide bonds. The van der Waals surface area contributed by atoms with Crippen LogP contribution in [-0.2, 0) is 10.3 Å². The third-order valence-corrected chi connectivity index (χ3v) is 6.52. The smallest absolute Gasteiger partial charge is 0.351 e. The highest BCUT2D eigenvalue weighted by molar-refractivity contribution is 5.58. The Morgan fingerprint density at radius 1 is 0.919 bits per heavy atom. The molecular formula is C30H33N3O4. The lowest BCUT2D eigenvalue weighted by Gasteiger charge is -2.37. The predicted molar refractivity (Wildman–Crippen MR) is 145 cm³/mol. The highest BCUT2D eigenvalue weighted by Crippen LogP contribution is 2.40. The molecule has 4 rings (SSSR count). The lowest BCUT2D eigenvalue weighted by Crippen LogP contribution is -2.39. The van der Waals surface area contributed by atoms with Gasteiger partial charge in [-0.2, -0.15) is 4.98 Å². The van der Waals surface area contributed by atoms with Gasteiger partial charge in [0.2, 0.25) is 0 Å². The van der Waals surface area contributed by atoms with Gasteiger partial charge in [0.25, 0.3) is 0 Å². The van der Waals surface area contributed by atoms with Crippen LogP contribution in [0.25, 0.3) is 0 Å². The van der Waals surface area contributed by atoms with Gasteiger partial charge in [-0.3, -0.25) is 4.57 Å². The Balaban J connectivity index is 1.82. The molecule has 0 radical (unpaired) electrons. The van der Waals surface area contributed by atoms with Crippen LogP contribution in [0.1, 0.15) is 43.2 Å². The molecule has 0 saturated carbocycles. The minimum absolute atomic E-state index is 0.110. The number of aromatic nitrogens is 2. The third kappa shape index (κ3) is 5.58. The molecular weight excluding hydrogens is 466 g/mol. The van der Waals surface area contributed by atoms with Gasteiger partial charge in [-0.1, -0.05) is 79.7 Å². The van der Waals surface area contributed by atoms with Crippen molar-refractivity contribution in [2.45, 2.75) is 38.1 Å². The zero-order valence-electron chi connectivity index (χ0n) is 21.4. The van der Waals surface area contributed by atoms with Gasteiger partial charge in [0.1, 0.15) is 23.3 Å². The lowest BCUT2D eigenvalue weighted by molar-refractivity contribution is -0.0682. The summed E-state index contributed by atoms with van der Waals surface area (Å²) in [4.78, 5) is 17.4. The van der Waals surface area contributed by atoms with E-state index in [1.165, 1.54) is 4.57 Å². The summed E-state index contributed by atoms with van der Waals surface area (Å²) in [7, 11) is 1.64. The van der Waals surface area contributed by atoms with Crippen LogP contribution in [0.3, 0.4) is 0 Å². The second-order valence-corrected chi connectivity index (χ2v) is 8.79. The van der Waals surface area contributed by atoms with Crippen molar-refractivity contribution in [1.82, 2.24) is 9.55 Å². The van der Waals surface area contributed by atoms with Crippen molar-refractivity contribution in [1.29, 1.82) is 0 Å². The number of aliphatic hydroxyl groups is 1. The SMILES string of the molecule is CCC(CO)OC(C)n1ccc(NC(c2ccccc2)(c2ccccc2)c2ccc(OC)cc2)nc1=O. The van der Waals surface area contributed by atoms with Gasteiger partial charge in [-0.15, -0.1) is 0 Å². The summed E-state index contributed by atoms with van der Waals surface area (Å²) < 4.78 is 12.6. The van der Waals surface area contributed by atoms with E-state index in [1.807, 2.05) is 67.6 Å². The van der Waals surface area contributed by atoms with Gasteiger partial charge in [-0.25, -0.2) is 4.79 Å². The van der Waals surface area contributed by atoms with Crippen molar-refractivity contribution in [3.05, 3.63) is 124 Å². The number of methoxy groups -OCH3 is 1.